The molecule has 0 spiro atoms. The van der Waals surface area contributed by atoms with Gasteiger partial charge in [0.05, 0.1) is 18.2 Å². The van der Waals surface area contributed by atoms with E-state index in [1.54, 1.807) is 6.20 Å². The van der Waals surface area contributed by atoms with Crippen molar-refractivity contribution in [2.45, 2.75) is 39.3 Å². The lowest BCUT2D eigenvalue weighted by Crippen LogP contribution is -2.38. The summed E-state index contributed by atoms with van der Waals surface area (Å²) < 4.78 is 0. The van der Waals surface area contributed by atoms with E-state index in [2.05, 4.69) is 17.2 Å². The number of aryl methyl sites for hydroxylation is 1. The van der Waals surface area contributed by atoms with E-state index in [-0.39, 0.29) is 18.2 Å². The van der Waals surface area contributed by atoms with Crippen LogP contribution in [0.1, 0.15) is 31.5 Å². The van der Waals surface area contributed by atoms with Crippen LogP contribution >= 0.6 is 0 Å². The number of likely N-dealkylation sites (N-methyl/N-ethyl adjacent to an activating group) is 1. The first-order chi connectivity index (χ1) is 9.17. The van der Waals surface area contributed by atoms with Crippen LogP contribution in [0, 0.1) is 0 Å². The summed E-state index contributed by atoms with van der Waals surface area (Å²) >= 11 is 0. The van der Waals surface area contributed by atoms with Crippen LogP contribution in [0.4, 0.5) is 0 Å². The number of imide groups is 1. The lowest BCUT2D eigenvalue weighted by molar-refractivity contribution is -0.138. The summed E-state index contributed by atoms with van der Waals surface area (Å²) in [5.41, 5.74) is 2.11. The normalized spacial score (nSPS) is 19.3. The third kappa shape index (κ3) is 2.81. The molecule has 1 N–H and O–H groups in total. The molecule has 2 amide bonds. The molecule has 0 saturated carbocycles. The minimum absolute atomic E-state index is 0.0956. The number of amides is 2. The summed E-state index contributed by atoms with van der Waals surface area (Å²) in [6, 6.07) is 3.54. The van der Waals surface area contributed by atoms with E-state index >= 15 is 0 Å². The van der Waals surface area contributed by atoms with Gasteiger partial charge in [0.15, 0.2) is 0 Å². The molecule has 102 valence electrons. The Morgan fingerprint density at radius 1 is 1.42 bits per heavy atom. The predicted octanol–water partition coefficient (Wildman–Crippen LogP) is 0.881. The third-order valence-electron chi connectivity index (χ3n) is 3.44. The van der Waals surface area contributed by atoms with Crippen LogP contribution in [-0.2, 0) is 22.6 Å². The molecule has 0 radical (unpaired) electrons. The topological polar surface area (TPSA) is 62.3 Å². The molecular formula is C14H19N3O2. The summed E-state index contributed by atoms with van der Waals surface area (Å²) in [6.07, 6.45) is 2.90. The van der Waals surface area contributed by atoms with Crippen molar-refractivity contribution in [3.8, 4) is 0 Å². The van der Waals surface area contributed by atoms with Gasteiger partial charge in [0, 0.05) is 19.3 Å². The number of likely N-dealkylation sites (tertiary alicyclic amines) is 1. The summed E-state index contributed by atoms with van der Waals surface area (Å²) in [5, 5.41) is 3.14. The first-order valence-electron chi connectivity index (χ1n) is 6.67. The lowest BCUT2D eigenvalue weighted by atomic mass is 10.1. The number of aromatic nitrogens is 1. The Bertz CT molecular complexity index is 487. The van der Waals surface area contributed by atoms with E-state index in [0.29, 0.717) is 13.1 Å². The van der Waals surface area contributed by atoms with E-state index in [1.165, 1.54) is 10.5 Å². The van der Waals surface area contributed by atoms with Crippen LogP contribution in [0.25, 0.3) is 0 Å². The highest BCUT2D eigenvalue weighted by atomic mass is 16.2. The Kier molecular flexibility index (Phi) is 4.27. The fraction of sp³-hybridized carbons (Fsp3) is 0.500. The molecule has 1 unspecified atom stereocenters. The Morgan fingerprint density at radius 2 is 2.21 bits per heavy atom. The van der Waals surface area contributed by atoms with Gasteiger partial charge in [-0.2, -0.15) is 0 Å². The second-order valence-electron chi connectivity index (χ2n) is 4.58. The number of carbonyl (C=O) groups is 2. The van der Waals surface area contributed by atoms with Gasteiger partial charge in [-0.1, -0.05) is 13.0 Å². The van der Waals surface area contributed by atoms with Gasteiger partial charge in [-0.05, 0) is 25.0 Å². The zero-order chi connectivity index (χ0) is 13.8. The van der Waals surface area contributed by atoms with E-state index in [9.17, 15) is 9.59 Å². The van der Waals surface area contributed by atoms with Crippen molar-refractivity contribution in [3.05, 3.63) is 29.6 Å². The average Bonchev–Trinajstić information content (AvgIpc) is 2.71. The number of carbonyl (C=O) groups excluding carboxylic acids is 2. The predicted molar refractivity (Wildman–Crippen MR) is 71.3 cm³/mol. The van der Waals surface area contributed by atoms with Gasteiger partial charge >= 0.3 is 0 Å². The number of pyridine rings is 1. The highest BCUT2D eigenvalue weighted by Gasteiger charge is 2.37. The second kappa shape index (κ2) is 5.93. The minimum atomic E-state index is -0.404. The molecule has 1 aromatic heterocycles. The zero-order valence-electron chi connectivity index (χ0n) is 11.3. The van der Waals surface area contributed by atoms with E-state index in [4.69, 9.17) is 0 Å². The van der Waals surface area contributed by atoms with Crippen LogP contribution in [-0.4, -0.2) is 34.3 Å². The fourth-order valence-corrected chi connectivity index (χ4v) is 2.35. The number of nitrogens with zero attached hydrogens (tertiary/aromatic N) is 2. The number of nitrogens with one attached hydrogen (secondary N) is 1. The van der Waals surface area contributed by atoms with Crippen molar-refractivity contribution < 1.29 is 9.59 Å². The first-order valence-corrected chi connectivity index (χ1v) is 6.67. The average molecular weight is 261 g/mol. The van der Waals surface area contributed by atoms with Gasteiger partial charge in [0.25, 0.3) is 0 Å². The summed E-state index contributed by atoms with van der Waals surface area (Å²) in [7, 11) is 0. The van der Waals surface area contributed by atoms with E-state index < -0.39 is 6.04 Å². The van der Waals surface area contributed by atoms with Crippen molar-refractivity contribution in [3.63, 3.8) is 0 Å². The quantitative estimate of drug-likeness (QED) is 0.799. The molecule has 19 heavy (non-hydrogen) atoms. The molecule has 0 bridgehead atoms. The van der Waals surface area contributed by atoms with Gasteiger partial charge < -0.3 is 0 Å². The molecule has 1 aromatic rings. The van der Waals surface area contributed by atoms with Crippen molar-refractivity contribution in [2.24, 2.45) is 0 Å². The second-order valence-corrected chi connectivity index (χ2v) is 4.58. The van der Waals surface area contributed by atoms with Gasteiger partial charge in [0.2, 0.25) is 11.8 Å². The minimum Gasteiger partial charge on any atom is -0.300 e. The summed E-state index contributed by atoms with van der Waals surface area (Å²) in [5.74, 6) is -0.219. The van der Waals surface area contributed by atoms with E-state index in [0.717, 1.165) is 12.1 Å². The van der Waals surface area contributed by atoms with Crippen LogP contribution in [0.3, 0.4) is 0 Å². The number of hydrogen-bond donors (Lipinski definition) is 1. The van der Waals surface area contributed by atoms with Gasteiger partial charge in [-0.25, -0.2) is 0 Å². The molecule has 5 heteroatoms. The molecule has 1 fully saturated rings. The summed E-state index contributed by atoms with van der Waals surface area (Å²) in [4.78, 5) is 29.2. The van der Waals surface area contributed by atoms with Crippen molar-refractivity contribution in [2.75, 3.05) is 6.54 Å². The molecule has 1 atom stereocenters. The molecular weight excluding hydrogens is 242 g/mol. The largest absolute Gasteiger partial charge is 0.300 e. The smallest absolute Gasteiger partial charge is 0.246 e. The highest BCUT2D eigenvalue weighted by Crippen LogP contribution is 2.14. The van der Waals surface area contributed by atoms with Crippen LogP contribution in [0.5, 0.6) is 0 Å². The molecule has 2 heterocycles. The third-order valence-corrected chi connectivity index (χ3v) is 3.44. The molecule has 0 aromatic carbocycles. The van der Waals surface area contributed by atoms with Gasteiger partial charge in [0.1, 0.15) is 0 Å². The fourth-order valence-electron chi connectivity index (χ4n) is 2.35. The highest BCUT2D eigenvalue weighted by molar-refractivity contribution is 6.05. The summed E-state index contributed by atoms with van der Waals surface area (Å²) in [6.45, 7) is 4.85. The Balaban J connectivity index is 2.00. The van der Waals surface area contributed by atoms with Crippen molar-refractivity contribution in [1.82, 2.24) is 15.2 Å². The Labute approximate surface area is 113 Å². The van der Waals surface area contributed by atoms with E-state index in [1.807, 2.05) is 19.1 Å². The molecule has 5 nitrogen and oxygen atoms in total. The van der Waals surface area contributed by atoms with Gasteiger partial charge in [-0.3, -0.25) is 24.8 Å². The van der Waals surface area contributed by atoms with Crippen LogP contribution in [0.2, 0.25) is 0 Å². The number of hydrogen-bond acceptors (Lipinski definition) is 4. The molecule has 0 aliphatic carbocycles. The molecule has 2 rings (SSSR count). The monoisotopic (exact) mass is 261 g/mol. The lowest BCUT2D eigenvalue weighted by Gasteiger charge is -2.13. The maximum Gasteiger partial charge on any atom is 0.246 e. The first kappa shape index (κ1) is 13.7. The Morgan fingerprint density at radius 3 is 2.84 bits per heavy atom. The number of rotatable bonds is 5. The van der Waals surface area contributed by atoms with Gasteiger partial charge in [-0.15, -0.1) is 0 Å². The SMILES string of the molecule is CCc1cccnc1CNC1CC(=O)N(CC)C1=O. The molecule has 1 saturated heterocycles. The van der Waals surface area contributed by atoms with Crippen LogP contribution in [0.15, 0.2) is 18.3 Å². The molecule has 1 aliphatic heterocycles. The maximum absolute atomic E-state index is 11.9. The zero-order valence-corrected chi connectivity index (χ0v) is 11.3. The van der Waals surface area contributed by atoms with Crippen LogP contribution < -0.4 is 5.32 Å². The standard InChI is InChI=1S/C14H19N3O2/c1-3-10-6-5-7-15-12(10)9-16-11-8-13(18)17(4-2)14(11)19/h5-7,11,16H,3-4,8-9H2,1-2H3. The Hall–Kier alpha value is -1.75. The molecule has 1 aliphatic rings. The maximum atomic E-state index is 11.9. The van der Waals surface area contributed by atoms with Crippen molar-refractivity contribution >= 4 is 11.8 Å². The van der Waals surface area contributed by atoms with Crippen molar-refractivity contribution in [1.29, 1.82) is 0 Å².